The van der Waals surface area contributed by atoms with Gasteiger partial charge in [-0.25, -0.2) is 4.79 Å². The largest absolute Gasteiger partial charge is 0.338 e. The van der Waals surface area contributed by atoms with Crippen molar-refractivity contribution in [2.24, 2.45) is 0 Å². The van der Waals surface area contributed by atoms with Crippen molar-refractivity contribution in [3.8, 4) is 0 Å². The van der Waals surface area contributed by atoms with Crippen molar-refractivity contribution in [2.45, 2.75) is 33.6 Å². The van der Waals surface area contributed by atoms with E-state index >= 15 is 0 Å². The Morgan fingerprint density at radius 1 is 1.33 bits per heavy atom. The van der Waals surface area contributed by atoms with Crippen LogP contribution in [0.3, 0.4) is 0 Å². The first kappa shape index (κ1) is 14.3. The molecule has 0 fully saturated rings. The van der Waals surface area contributed by atoms with Gasteiger partial charge in [-0.05, 0) is 37.8 Å². The van der Waals surface area contributed by atoms with Gasteiger partial charge in [0.25, 0.3) is 0 Å². The second-order valence-corrected chi connectivity index (χ2v) is 4.42. The van der Waals surface area contributed by atoms with Crippen molar-refractivity contribution in [2.75, 3.05) is 6.54 Å². The Kier molecular flexibility index (Phi) is 5.98. The average Bonchev–Trinajstić information content (AvgIpc) is 2.38. The third-order valence-corrected chi connectivity index (χ3v) is 2.95. The zero-order valence-corrected chi connectivity index (χ0v) is 11.4. The number of amides is 2. The van der Waals surface area contributed by atoms with Crippen LogP contribution in [-0.2, 0) is 6.42 Å². The number of carbonyl (C=O) groups excluding carboxylic acids is 1. The van der Waals surface area contributed by atoms with E-state index in [1.165, 1.54) is 11.1 Å². The molecule has 0 heterocycles. The summed E-state index contributed by atoms with van der Waals surface area (Å²) in [6, 6.07) is 8.09. The molecule has 2 amide bonds. The molecule has 0 spiro atoms. The molecule has 0 aromatic heterocycles. The number of hydrogen-bond donors (Lipinski definition) is 2. The van der Waals surface area contributed by atoms with E-state index < -0.39 is 0 Å². The molecule has 0 aliphatic heterocycles. The molecule has 0 saturated carbocycles. The van der Waals surface area contributed by atoms with E-state index in [1.54, 1.807) is 6.20 Å². The van der Waals surface area contributed by atoms with Crippen LogP contribution in [0, 0.1) is 6.92 Å². The van der Waals surface area contributed by atoms with Gasteiger partial charge in [-0.2, -0.15) is 0 Å². The van der Waals surface area contributed by atoms with Gasteiger partial charge in [0.15, 0.2) is 0 Å². The van der Waals surface area contributed by atoms with Crippen LogP contribution in [0.15, 0.2) is 36.0 Å². The second kappa shape index (κ2) is 7.54. The molecule has 18 heavy (non-hydrogen) atoms. The van der Waals surface area contributed by atoms with Crippen LogP contribution in [-0.4, -0.2) is 12.6 Å². The molecule has 0 aliphatic carbocycles. The summed E-state index contributed by atoms with van der Waals surface area (Å²) in [5.41, 5.74) is 3.70. The summed E-state index contributed by atoms with van der Waals surface area (Å²) in [4.78, 5) is 11.5. The zero-order valence-electron chi connectivity index (χ0n) is 11.4. The highest BCUT2D eigenvalue weighted by Crippen LogP contribution is 2.06. The fourth-order valence-electron chi connectivity index (χ4n) is 1.54. The number of hydrogen-bond acceptors (Lipinski definition) is 1. The Morgan fingerprint density at radius 3 is 2.72 bits per heavy atom. The van der Waals surface area contributed by atoms with Crippen LogP contribution in [0.1, 0.15) is 31.4 Å². The van der Waals surface area contributed by atoms with Gasteiger partial charge in [0.1, 0.15) is 0 Å². The first-order valence-electron chi connectivity index (χ1n) is 6.38. The lowest BCUT2D eigenvalue weighted by Crippen LogP contribution is -2.33. The van der Waals surface area contributed by atoms with Crippen molar-refractivity contribution in [3.63, 3.8) is 0 Å². The van der Waals surface area contributed by atoms with Crippen molar-refractivity contribution >= 4 is 6.03 Å². The van der Waals surface area contributed by atoms with Gasteiger partial charge < -0.3 is 10.6 Å². The molecule has 2 N–H and O–H groups in total. The lowest BCUT2D eigenvalue weighted by Gasteiger charge is -2.07. The molecule has 3 nitrogen and oxygen atoms in total. The Morgan fingerprint density at radius 2 is 2.06 bits per heavy atom. The molecule has 0 unspecified atom stereocenters. The molecule has 0 radical (unpaired) electrons. The first-order valence-corrected chi connectivity index (χ1v) is 6.38. The summed E-state index contributed by atoms with van der Waals surface area (Å²) < 4.78 is 0. The number of aryl methyl sites for hydroxylation is 1. The SMILES string of the molecule is CC/C(C)=C/NC(=O)NCCc1ccccc1C. The number of benzene rings is 1. The number of rotatable bonds is 5. The summed E-state index contributed by atoms with van der Waals surface area (Å²) in [5.74, 6) is 0. The highest BCUT2D eigenvalue weighted by atomic mass is 16.2. The molecule has 98 valence electrons. The Labute approximate surface area is 109 Å². The van der Waals surface area contributed by atoms with E-state index in [0.29, 0.717) is 6.54 Å². The minimum atomic E-state index is -0.142. The standard InChI is InChI=1S/C15H22N2O/c1-4-12(2)11-17-15(18)16-10-9-14-8-6-5-7-13(14)3/h5-8,11H,4,9-10H2,1-3H3,(H2,16,17,18)/b12-11+. The van der Waals surface area contributed by atoms with Crippen molar-refractivity contribution in [1.29, 1.82) is 0 Å². The molecular formula is C15H22N2O. The van der Waals surface area contributed by atoms with E-state index in [0.717, 1.165) is 18.4 Å². The van der Waals surface area contributed by atoms with E-state index in [2.05, 4.69) is 36.6 Å². The Balaban J connectivity index is 2.30. The maximum atomic E-state index is 11.5. The topological polar surface area (TPSA) is 41.1 Å². The van der Waals surface area contributed by atoms with Gasteiger partial charge in [-0.3, -0.25) is 0 Å². The normalized spacial score (nSPS) is 11.2. The zero-order chi connectivity index (χ0) is 13.4. The molecular weight excluding hydrogens is 224 g/mol. The maximum Gasteiger partial charge on any atom is 0.318 e. The second-order valence-electron chi connectivity index (χ2n) is 4.42. The molecule has 3 heteroatoms. The van der Waals surface area contributed by atoms with Crippen molar-refractivity contribution in [1.82, 2.24) is 10.6 Å². The van der Waals surface area contributed by atoms with Gasteiger partial charge in [-0.15, -0.1) is 0 Å². The fraction of sp³-hybridized carbons (Fsp3) is 0.400. The lowest BCUT2D eigenvalue weighted by atomic mass is 10.1. The van der Waals surface area contributed by atoms with E-state index in [9.17, 15) is 4.79 Å². The summed E-state index contributed by atoms with van der Waals surface area (Å²) in [6.45, 7) is 6.79. The molecule has 0 saturated heterocycles. The highest BCUT2D eigenvalue weighted by molar-refractivity contribution is 5.74. The van der Waals surface area contributed by atoms with Crippen molar-refractivity contribution in [3.05, 3.63) is 47.2 Å². The van der Waals surface area contributed by atoms with Crippen LogP contribution >= 0.6 is 0 Å². The monoisotopic (exact) mass is 246 g/mol. The molecule has 1 rings (SSSR count). The van der Waals surface area contributed by atoms with Crippen LogP contribution in [0.5, 0.6) is 0 Å². The van der Waals surface area contributed by atoms with E-state index in [-0.39, 0.29) is 6.03 Å². The minimum absolute atomic E-state index is 0.142. The Bertz CT molecular complexity index is 424. The predicted octanol–water partition coefficient (Wildman–Crippen LogP) is 3.15. The molecule has 1 aromatic rings. The van der Waals surface area contributed by atoms with E-state index in [4.69, 9.17) is 0 Å². The lowest BCUT2D eigenvalue weighted by molar-refractivity contribution is 0.244. The van der Waals surface area contributed by atoms with Crippen LogP contribution in [0.25, 0.3) is 0 Å². The first-order chi connectivity index (χ1) is 8.63. The molecule has 1 aromatic carbocycles. The quantitative estimate of drug-likeness (QED) is 0.823. The van der Waals surface area contributed by atoms with Crippen LogP contribution in [0.4, 0.5) is 4.79 Å². The molecule has 0 atom stereocenters. The third-order valence-electron chi connectivity index (χ3n) is 2.95. The molecule has 0 aliphatic rings. The van der Waals surface area contributed by atoms with Gasteiger partial charge in [-0.1, -0.05) is 36.8 Å². The molecule has 0 bridgehead atoms. The van der Waals surface area contributed by atoms with Gasteiger partial charge in [0.2, 0.25) is 0 Å². The van der Waals surface area contributed by atoms with Gasteiger partial charge >= 0.3 is 6.03 Å². The van der Waals surface area contributed by atoms with Crippen molar-refractivity contribution < 1.29 is 4.79 Å². The number of nitrogens with one attached hydrogen (secondary N) is 2. The van der Waals surface area contributed by atoms with Crippen LogP contribution in [0.2, 0.25) is 0 Å². The van der Waals surface area contributed by atoms with Gasteiger partial charge in [0, 0.05) is 12.7 Å². The summed E-state index contributed by atoms with van der Waals surface area (Å²) >= 11 is 0. The van der Waals surface area contributed by atoms with Gasteiger partial charge in [0.05, 0.1) is 0 Å². The highest BCUT2D eigenvalue weighted by Gasteiger charge is 1.99. The third kappa shape index (κ3) is 5.04. The predicted molar refractivity (Wildman–Crippen MR) is 75.5 cm³/mol. The Hall–Kier alpha value is -1.77. The maximum absolute atomic E-state index is 11.5. The van der Waals surface area contributed by atoms with Crippen LogP contribution < -0.4 is 10.6 Å². The minimum Gasteiger partial charge on any atom is -0.338 e. The summed E-state index contributed by atoms with van der Waals surface area (Å²) in [5, 5.41) is 5.57. The number of carbonyl (C=O) groups is 1. The smallest absolute Gasteiger partial charge is 0.318 e. The number of urea groups is 1. The number of allylic oxidation sites excluding steroid dienone is 1. The summed E-state index contributed by atoms with van der Waals surface area (Å²) in [7, 11) is 0. The summed E-state index contributed by atoms with van der Waals surface area (Å²) in [6.07, 6.45) is 3.56. The fourth-order valence-corrected chi connectivity index (χ4v) is 1.54. The average molecular weight is 246 g/mol. The van der Waals surface area contributed by atoms with E-state index in [1.807, 2.05) is 19.1 Å².